The number of hydrogen-bond donors (Lipinski definition) is 2. The molecule has 0 spiro atoms. The van der Waals surface area contributed by atoms with Crippen molar-refractivity contribution in [2.75, 3.05) is 0 Å². The lowest BCUT2D eigenvalue weighted by Crippen LogP contribution is -2.42. The topological polar surface area (TPSA) is 110 Å². The molecule has 0 aliphatic heterocycles. The van der Waals surface area contributed by atoms with Crippen LogP contribution in [-0.4, -0.2) is 27.9 Å². The van der Waals surface area contributed by atoms with Crippen molar-refractivity contribution in [2.45, 2.75) is 12.5 Å². The largest absolute Gasteiger partial charge is 0.480 e. The number of nitro groups is 1. The van der Waals surface area contributed by atoms with Gasteiger partial charge in [-0.1, -0.05) is 24.3 Å². The number of nitrogens with one attached hydrogen (secondary N) is 1. The van der Waals surface area contributed by atoms with E-state index in [0.29, 0.717) is 0 Å². The first-order valence-electron chi connectivity index (χ1n) is 6.90. The second-order valence-electron chi connectivity index (χ2n) is 4.96. The number of aliphatic carboxylic acids is 1. The number of carbonyl (C=O) groups is 2. The maximum atomic E-state index is 13.1. The summed E-state index contributed by atoms with van der Waals surface area (Å²) in [7, 11) is 0. The van der Waals surface area contributed by atoms with E-state index in [1.54, 1.807) is 0 Å². The molecule has 8 heteroatoms. The van der Waals surface area contributed by atoms with Crippen LogP contribution in [0.3, 0.4) is 0 Å². The Morgan fingerprint density at radius 3 is 2.54 bits per heavy atom. The number of benzene rings is 2. The molecule has 0 radical (unpaired) electrons. The summed E-state index contributed by atoms with van der Waals surface area (Å²) in [5, 5.41) is 22.5. The van der Waals surface area contributed by atoms with Crippen LogP contribution in [0.1, 0.15) is 15.9 Å². The second-order valence-corrected chi connectivity index (χ2v) is 4.96. The van der Waals surface area contributed by atoms with Crippen LogP contribution >= 0.6 is 0 Å². The van der Waals surface area contributed by atoms with Crippen LogP contribution in [0.25, 0.3) is 0 Å². The third-order valence-electron chi connectivity index (χ3n) is 3.30. The number of nitro benzene ring substituents is 1. The molecule has 2 aromatic carbocycles. The van der Waals surface area contributed by atoms with Crippen molar-refractivity contribution >= 4 is 17.6 Å². The number of nitrogens with zero attached hydrogens (tertiary/aromatic N) is 1. The van der Waals surface area contributed by atoms with Crippen LogP contribution in [-0.2, 0) is 11.2 Å². The molecular formula is C16H13FN2O5. The van der Waals surface area contributed by atoms with E-state index in [-0.39, 0.29) is 23.2 Å². The fourth-order valence-corrected chi connectivity index (χ4v) is 2.15. The molecule has 2 rings (SSSR count). The van der Waals surface area contributed by atoms with Crippen LogP contribution in [0.15, 0.2) is 48.5 Å². The predicted octanol–water partition coefficient (Wildman–Crippen LogP) is 2.16. The lowest BCUT2D eigenvalue weighted by atomic mass is 10.0. The molecule has 0 bridgehead atoms. The van der Waals surface area contributed by atoms with E-state index in [4.69, 9.17) is 0 Å². The van der Waals surface area contributed by atoms with Crippen molar-refractivity contribution in [3.8, 4) is 0 Å². The Morgan fingerprint density at radius 1 is 1.21 bits per heavy atom. The van der Waals surface area contributed by atoms with Crippen LogP contribution in [0.4, 0.5) is 10.1 Å². The fourth-order valence-electron chi connectivity index (χ4n) is 2.15. The Hall–Kier alpha value is -3.29. The minimum atomic E-state index is -1.39. The highest BCUT2D eigenvalue weighted by molar-refractivity contribution is 5.96. The summed E-state index contributed by atoms with van der Waals surface area (Å²) >= 11 is 0. The van der Waals surface area contributed by atoms with E-state index in [2.05, 4.69) is 5.32 Å². The SMILES string of the molecule is O=C(N[C@@H](Cc1ccccc1[N+](=O)[O-])C(=O)O)c1cccc(F)c1. The zero-order valence-corrected chi connectivity index (χ0v) is 12.3. The summed E-state index contributed by atoms with van der Waals surface area (Å²) in [5.74, 6) is -2.76. The number of para-hydroxylation sites is 1. The van der Waals surface area contributed by atoms with Gasteiger partial charge in [-0.05, 0) is 18.2 Å². The number of carboxylic acid groups (broad SMARTS) is 1. The van der Waals surface area contributed by atoms with Gasteiger partial charge in [0.15, 0.2) is 0 Å². The third kappa shape index (κ3) is 4.13. The summed E-state index contributed by atoms with van der Waals surface area (Å²) in [6.07, 6.45) is -0.270. The van der Waals surface area contributed by atoms with Gasteiger partial charge in [0.05, 0.1) is 4.92 Å². The minimum absolute atomic E-state index is 0.0381. The van der Waals surface area contributed by atoms with E-state index in [1.807, 2.05) is 0 Å². The van der Waals surface area contributed by atoms with Gasteiger partial charge in [-0.25, -0.2) is 9.18 Å². The van der Waals surface area contributed by atoms with Crippen molar-refractivity contribution < 1.29 is 24.0 Å². The average molecular weight is 332 g/mol. The quantitative estimate of drug-likeness (QED) is 0.622. The van der Waals surface area contributed by atoms with Crippen LogP contribution in [0.2, 0.25) is 0 Å². The van der Waals surface area contributed by atoms with E-state index in [9.17, 15) is 29.2 Å². The van der Waals surface area contributed by atoms with Crippen molar-refractivity contribution in [3.05, 3.63) is 75.6 Å². The minimum Gasteiger partial charge on any atom is -0.480 e. The molecule has 24 heavy (non-hydrogen) atoms. The molecule has 0 fully saturated rings. The first-order chi connectivity index (χ1) is 11.4. The molecule has 2 aromatic rings. The number of rotatable bonds is 6. The number of carbonyl (C=O) groups excluding carboxylic acids is 1. The second kappa shape index (κ2) is 7.32. The Bertz CT molecular complexity index is 794. The van der Waals surface area contributed by atoms with E-state index in [1.165, 1.54) is 36.4 Å². The summed E-state index contributed by atoms with van der Waals surface area (Å²) in [4.78, 5) is 33.8. The van der Waals surface area contributed by atoms with Gasteiger partial charge in [0, 0.05) is 23.6 Å². The number of carboxylic acids is 1. The molecule has 0 saturated carbocycles. The molecule has 0 saturated heterocycles. The molecule has 0 aliphatic carbocycles. The number of hydrogen-bond acceptors (Lipinski definition) is 4. The summed E-state index contributed by atoms with van der Waals surface area (Å²) in [6, 6.07) is 9.06. The summed E-state index contributed by atoms with van der Waals surface area (Å²) in [6.45, 7) is 0. The molecule has 2 N–H and O–H groups in total. The Morgan fingerprint density at radius 2 is 1.92 bits per heavy atom. The molecule has 1 atom stereocenters. The molecule has 124 valence electrons. The van der Waals surface area contributed by atoms with E-state index < -0.39 is 28.7 Å². The van der Waals surface area contributed by atoms with Gasteiger partial charge >= 0.3 is 5.97 Å². The van der Waals surface area contributed by atoms with Gasteiger partial charge in [0.1, 0.15) is 11.9 Å². The standard InChI is InChI=1S/C16H13FN2O5/c17-12-6-3-5-11(8-12)15(20)18-13(16(21)22)9-10-4-1-2-7-14(10)19(23)24/h1-8,13H,9H2,(H,18,20)(H,21,22)/t13-/m0/s1. The zero-order chi connectivity index (χ0) is 17.7. The molecule has 0 aromatic heterocycles. The number of amides is 1. The molecule has 0 unspecified atom stereocenters. The van der Waals surface area contributed by atoms with E-state index >= 15 is 0 Å². The molecular weight excluding hydrogens is 319 g/mol. The van der Waals surface area contributed by atoms with Gasteiger partial charge < -0.3 is 10.4 Å². The van der Waals surface area contributed by atoms with Crippen LogP contribution < -0.4 is 5.32 Å². The lowest BCUT2D eigenvalue weighted by molar-refractivity contribution is -0.385. The van der Waals surface area contributed by atoms with Gasteiger partial charge in [-0.3, -0.25) is 14.9 Å². The fraction of sp³-hybridized carbons (Fsp3) is 0.125. The van der Waals surface area contributed by atoms with Crippen LogP contribution in [0.5, 0.6) is 0 Å². The lowest BCUT2D eigenvalue weighted by Gasteiger charge is -2.15. The van der Waals surface area contributed by atoms with Crippen molar-refractivity contribution in [1.82, 2.24) is 5.32 Å². The molecule has 7 nitrogen and oxygen atoms in total. The average Bonchev–Trinajstić information content (AvgIpc) is 2.54. The monoisotopic (exact) mass is 332 g/mol. The van der Waals surface area contributed by atoms with Gasteiger partial charge in [0.25, 0.3) is 11.6 Å². The van der Waals surface area contributed by atoms with E-state index in [0.717, 1.165) is 12.1 Å². The van der Waals surface area contributed by atoms with Gasteiger partial charge in [-0.15, -0.1) is 0 Å². The maximum absolute atomic E-state index is 13.1. The third-order valence-corrected chi connectivity index (χ3v) is 3.30. The normalized spacial score (nSPS) is 11.5. The Labute approximate surface area is 135 Å². The van der Waals surface area contributed by atoms with Crippen LogP contribution in [0, 0.1) is 15.9 Å². The highest BCUT2D eigenvalue weighted by Crippen LogP contribution is 2.19. The highest BCUT2D eigenvalue weighted by Gasteiger charge is 2.24. The predicted molar refractivity (Wildman–Crippen MR) is 82.1 cm³/mol. The van der Waals surface area contributed by atoms with Crippen molar-refractivity contribution in [2.24, 2.45) is 0 Å². The molecule has 0 aliphatic rings. The van der Waals surface area contributed by atoms with Crippen molar-refractivity contribution in [1.29, 1.82) is 0 Å². The smallest absolute Gasteiger partial charge is 0.326 e. The maximum Gasteiger partial charge on any atom is 0.326 e. The Balaban J connectivity index is 2.20. The first-order valence-corrected chi connectivity index (χ1v) is 6.90. The molecule has 0 heterocycles. The summed E-state index contributed by atoms with van der Waals surface area (Å²) < 4.78 is 13.1. The zero-order valence-electron chi connectivity index (χ0n) is 12.3. The molecule has 1 amide bonds. The number of halogens is 1. The first kappa shape index (κ1) is 17.1. The summed E-state index contributed by atoms with van der Waals surface area (Å²) in [5.41, 5.74) is -0.0954. The Kier molecular flexibility index (Phi) is 5.20. The highest BCUT2D eigenvalue weighted by atomic mass is 19.1. The van der Waals surface area contributed by atoms with Crippen molar-refractivity contribution in [3.63, 3.8) is 0 Å². The van der Waals surface area contributed by atoms with Gasteiger partial charge in [0.2, 0.25) is 0 Å². The van der Waals surface area contributed by atoms with Gasteiger partial charge in [-0.2, -0.15) is 0 Å².